The summed E-state index contributed by atoms with van der Waals surface area (Å²) in [5.74, 6) is 0.877. The Morgan fingerprint density at radius 1 is 1.44 bits per heavy atom. The molecule has 2 heterocycles. The summed E-state index contributed by atoms with van der Waals surface area (Å²) in [5.41, 5.74) is 1.12. The van der Waals surface area contributed by atoms with Crippen molar-refractivity contribution in [3.05, 3.63) is 22.8 Å². The second kappa shape index (κ2) is 6.92. The third-order valence-corrected chi connectivity index (χ3v) is 3.26. The number of pyridine rings is 1. The molecule has 1 aromatic rings. The number of hydrogen-bond donors (Lipinski definition) is 1. The number of nitrogens with zero attached hydrogens (tertiary/aromatic N) is 2. The van der Waals surface area contributed by atoms with Crippen molar-refractivity contribution in [1.82, 2.24) is 10.3 Å². The molecule has 0 amide bonds. The minimum Gasteiger partial charge on any atom is -0.380 e. The molecule has 0 radical (unpaired) electrons. The number of hydrogen-bond acceptors (Lipinski definition) is 4. The van der Waals surface area contributed by atoms with E-state index in [0.29, 0.717) is 0 Å². The first-order valence-electron chi connectivity index (χ1n) is 6.49. The molecule has 1 saturated heterocycles. The quantitative estimate of drug-likeness (QED) is 0.908. The van der Waals surface area contributed by atoms with Crippen LogP contribution in [0.1, 0.15) is 18.9 Å². The summed E-state index contributed by atoms with van der Waals surface area (Å²) in [4.78, 5) is 6.70. The fourth-order valence-corrected chi connectivity index (χ4v) is 2.34. The van der Waals surface area contributed by atoms with Gasteiger partial charge in [-0.1, -0.05) is 18.5 Å². The van der Waals surface area contributed by atoms with E-state index in [-0.39, 0.29) is 0 Å². The molecular weight excluding hydrogens is 250 g/mol. The van der Waals surface area contributed by atoms with Crippen LogP contribution in [0.3, 0.4) is 0 Å². The molecule has 0 spiro atoms. The van der Waals surface area contributed by atoms with E-state index < -0.39 is 0 Å². The van der Waals surface area contributed by atoms with Crippen molar-refractivity contribution in [2.75, 3.05) is 37.7 Å². The topological polar surface area (TPSA) is 37.4 Å². The monoisotopic (exact) mass is 269 g/mol. The maximum absolute atomic E-state index is 6.32. The van der Waals surface area contributed by atoms with Crippen LogP contribution >= 0.6 is 11.6 Å². The first-order chi connectivity index (χ1) is 8.81. The Morgan fingerprint density at radius 3 is 3.11 bits per heavy atom. The summed E-state index contributed by atoms with van der Waals surface area (Å²) in [6, 6.07) is 2.00. The molecule has 0 bridgehead atoms. The van der Waals surface area contributed by atoms with Crippen LogP contribution in [0.5, 0.6) is 0 Å². The van der Waals surface area contributed by atoms with Gasteiger partial charge in [-0.25, -0.2) is 4.98 Å². The number of nitrogens with one attached hydrogen (secondary N) is 1. The lowest BCUT2D eigenvalue weighted by atomic mass is 10.2. The van der Waals surface area contributed by atoms with Crippen molar-refractivity contribution < 1.29 is 4.74 Å². The van der Waals surface area contributed by atoms with Crippen molar-refractivity contribution in [2.45, 2.75) is 19.9 Å². The van der Waals surface area contributed by atoms with Crippen LogP contribution in [-0.4, -0.2) is 37.8 Å². The highest BCUT2D eigenvalue weighted by Gasteiger charge is 2.14. The maximum atomic E-state index is 6.32. The summed E-state index contributed by atoms with van der Waals surface area (Å²) < 4.78 is 5.44. The predicted molar refractivity (Wildman–Crippen MR) is 74.3 cm³/mol. The molecule has 1 aromatic heterocycles. The molecule has 0 saturated carbocycles. The molecule has 1 aliphatic rings. The Balaban J connectivity index is 2.08. The third kappa shape index (κ3) is 3.57. The van der Waals surface area contributed by atoms with Gasteiger partial charge in [0.15, 0.2) is 0 Å². The molecule has 0 unspecified atom stereocenters. The minimum absolute atomic E-state index is 0.729. The van der Waals surface area contributed by atoms with E-state index >= 15 is 0 Å². The van der Waals surface area contributed by atoms with Crippen LogP contribution in [0.2, 0.25) is 5.02 Å². The van der Waals surface area contributed by atoms with E-state index in [0.717, 1.165) is 62.2 Å². The molecule has 1 N–H and O–H groups in total. The van der Waals surface area contributed by atoms with E-state index in [2.05, 4.69) is 22.1 Å². The van der Waals surface area contributed by atoms with E-state index in [1.165, 1.54) is 0 Å². The predicted octanol–water partition coefficient (Wildman–Crippen LogP) is 2.07. The van der Waals surface area contributed by atoms with Crippen molar-refractivity contribution in [2.24, 2.45) is 0 Å². The zero-order chi connectivity index (χ0) is 12.8. The van der Waals surface area contributed by atoms with E-state index in [4.69, 9.17) is 16.3 Å². The molecule has 4 nitrogen and oxygen atoms in total. The average molecular weight is 270 g/mol. The number of ether oxygens (including phenoxy) is 1. The molecule has 0 aromatic carbocycles. The van der Waals surface area contributed by atoms with Gasteiger partial charge >= 0.3 is 0 Å². The summed E-state index contributed by atoms with van der Waals surface area (Å²) in [5, 5.41) is 4.00. The summed E-state index contributed by atoms with van der Waals surface area (Å²) in [6.07, 6.45) is 2.92. The highest BCUT2D eigenvalue weighted by atomic mass is 35.5. The zero-order valence-corrected chi connectivity index (χ0v) is 11.5. The maximum Gasteiger partial charge on any atom is 0.147 e. The Labute approximate surface area is 113 Å². The van der Waals surface area contributed by atoms with Gasteiger partial charge in [0.1, 0.15) is 5.82 Å². The molecule has 2 rings (SSSR count). The van der Waals surface area contributed by atoms with Crippen LogP contribution in [0, 0.1) is 0 Å². The lowest BCUT2D eigenvalue weighted by molar-refractivity contribution is 0.152. The van der Waals surface area contributed by atoms with Gasteiger partial charge < -0.3 is 15.0 Å². The summed E-state index contributed by atoms with van der Waals surface area (Å²) in [6.45, 7) is 7.23. The second-order valence-electron chi connectivity index (χ2n) is 4.38. The fraction of sp³-hybridized carbons (Fsp3) is 0.615. The van der Waals surface area contributed by atoms with Crippen LogP contribution in [0.15, 0.2) is 12.3 Å². The van der Waals surface area contributed by atoms with E-state index in [1.54, 1.807) is 0 Å². The number of aromatic nitrogens is 1. The number of rotatable bonds is 4. The van der Waals surface area contributed by atoms with Crippen LogP contribution in [-0.2, 0) is 11.3 Å². The van der Waals surface area contributed by atoms with Gasteiger partial charge in [-0.15, -0.1) is 0 Å². The van der Waals surface area contributed by atoms with Gasteiger partial charge in [0, 0.05) is 32.4 Å². The van der Waals surface area contributed by atoms with Crippen LogP contribution < -0.4 is 10.2 Å². The lowest BCUT2D eigenvalue weighted by Crippen LogP contribution is -2.27. The van der Waals surface area contributed by atoms with E-state index in [9.17, 15) is 0 Å². The fourth-order valence-electron chi connectivity index (χ4n) is 2.03. The minimum atomic E-state index is 0.729. The van der Waals surface area contributed by atoms with Crippen LogP contribution in [0.25, 0.3) is 0 Å². The first kappa shape index (κ1) is 13.6. The number of anilines is 1. The van der Waals surface area contributed by atoms with E-state index in [1.807, 2.05) is 12.3 Å². The van der Waals surface area contributed by atoms with Gasteiger partial charge in [-0.2, -0.15) is 0 Å². The first-order valence-corrected chi connectivity index (χ1v) is 6.87. The molecule has 1 fully saturated rings. The highest BCUT2D eigenvalue weighted by Crippen LogP contribution is 2.24. The van der Waals surface area contributed by atoms with Crippen molar-refractivity contribution >= 4 is 17.4 Å². The molecule has 5 heteroatoms. The molecule has 18 heavy (non-hydrogen) atoms. The average Bonchev–Trinajstić information content (AvgIpc) is 2.65. The molecule has 1 aliphatic heterocycles. The normalized spacial score (nSPS) is 16.7. The van der Waals surface area contributed by atoms with Crippen molar-refractivity contribution in [3.8, 4) is 0 Å². The smallest absolute Gasteiger partial charge is 0.147 e. The molecule has 100 valence electrons. The number of halogens is 1. The van der Waals surface area contributed by atoms with Gasteiger partial charge in [0.2, 0.25) is 0 Å². The SMILES string of the molecule is CCNCc1cnc(N2CCCOCC2)c(Cl)c1. The third-order valence-electron chi connectivity index (χ3n) is 2.98. The lowest BCUT2D eigenvalue weighted by Gasteiger charge is -2.22. The Bertz CT molecular complexity index is 378. The van der Waals surface area contributed by atoms with Gasteiger partial charge in [-0.3, -0.25) is 0 Å². The molecular formula is C13H20ClN3O. The standard InChI is InChI=1S/C13H20ClN3O/c1-2-15-9-11-8-12(14)13(16-10-11)17-4-3-6-18-7-5-17/h8,10,15H,2-7,9H2,1H3. The zero-order valence-electron chi connectivity index (χ0n) is 10.8. The Morgan fingerprint density at radius 2 is 2.33 bits per heavy atom. The van der Waals surface area contributed by atoms with Gasteiger partial charge in [0.25, 0.3) is 0 Å². The summed E-state index contributed by atoms with van der Waals surface area (Å²) in [7, 11) is 0. The highest BCUT2D eigenvalue weighted by molar-refractivity contribution is 6.33. The molecule has 0 aliphatic carbocycles. The Kier molecular flexibility index (Phi) is 5.23. The largest absolute Gasteiger partial charge is 0.380 e. The Hall–Kier alpha value is -0.840. The van der Waals surface area contributed by atoms with Crippen molar-refractivity contribution in [1.29, 1.82) is 0 Å². The van der Waals surface area contributed by atoms with Crippen LogP contribution in [0.4, 0.5) is 5.82 Å². The second-order valence-corrected chi connectivity index (χ2v) is 4.79. The van der Waals surface area contributed by atoms with Gasteiger partial charge in [0.05, 0.1) is 11.6 Å². The summed E-state index contributed by atoms with van der Waals surface area (Å²) >= 11 is 6.32. The van der Waals surface area contributed by atoms with Crippen molar-refractivity contribution in [3.63, 3.8) is 0 Å². The van der Waals surface area contributed by atoms with Gasteiger partial charge in [-0.05, 0) is 24.6 Å². The molecule has 0 atom stereocenters.